The van der Waals surface area contributed by atoms with E-state index in [4.69, 9.17) is 4.74 Å². The van der Waals surface area contributed by atoms with Crippen LogP contribution in [-0.2, 0) is 4.79 Å². The number of benzene rings is 1. The maximum Gasteiger partial charge on any atom is 0.261 e. The smallest absolute Gasteiger partial charge is 0.261 e. The Hall–Kier alpha value is -2.38. The normalized spacial score (nSPS) is 17.2. The quantitative estimate of drug-likeness (QED) is 0.852. The van der Waals surface area contributed by atoms with E-state index in [0.717, 1.165) is 17.9 Å². The van der Waals surface area contributed by atoms with Crippen molar-refractivity contribution in [1.82, 2.24) is 15.5 Å². The third kappa shape index (κ3) is 4.00. The van der Waals surface area contributed by atoms with Gasteiger partial charge in [0.05, 0.1) is 24.6 Å². The third-order valence-corrected chi connectivity index (χ3v) is 5.08. The molecule has 1 saturated heterocycles. The SMILES string of the molecule is COc1ccccc1C1CNCCN1C(=O)CNC(=O)c1cccs1. The third-order valence-electron chi connectivity index (χ3n) is 4.21. The van der Waals surface area contributed by atoms with Crippen molar-refractivity contribution in [1.29, 1.82) is 0 Å². The van der Waals surface area contributed by atoms with Gasteiger partial charge < -0.3 is 20.3 Å². The van der Waals surface area contributed by atoms with E-state index in [1.165, 1.54) is 11.3 Å². The molecule has 1 aliphatic heterocycles. The Kier molecular flexibility index (Phi) is 5.67. The molecule has 2 heterocycles. The zero-order valence-electron chi connectivity index (χ0n) is 14.0. The molecule has 25 heavy (non-hydrogen) atoms. The molecule has 3 rings (SSSR count). The van der Waals surface area contributed by atoms with Crippen molar-refractivity contribution < 1.29 is 14.3 Å². The van der Waals surface area contributed by atoms with Crippen LogP contribution in [0.1, 0.15) is 21.3 Å². The predicted molar refractivity (Wildman–Crippen MR) is 97.0 cm³/mol. The van der Waals surface area contributed by atoms with Crippen LogP contribution in [0.3, 0.4) is 0 Å². The summed E-state index contributed by atoms with van der Waals surface area (Å²) in [6, 6.07) is 11.2. The maximum absolute atomic E-state index is 12.7. The molecule has 1 aliphatic rings. The van der Waals surface area contributed by atoms with E-state index < -0.39 is 0 Å². The summed E-state index contributed by atoms with van der Waals surface area (Å²) in [6.45, 7) is 1.97. The van der Waals surface area contributed by atoms with E-state index >= 15 is 0 Å². The van der Waals surface area contributed by atoms with Crippen LogP contribution in [0, 0.1) is 0 Å². The number of amides is 2. The van der Waals surface area contributed by atoms with Gasteiger partial charge in [-0.25, -0.2) is 0 Å². The van der Waals surface area contributed by atoms with Crippen LogP contribution in [0.15, 0.2) is 41.8 Å². The largest absolute Gasteiger partial charge is 0.496 e. The summed E-state index contributed by atoms with van der Waals surface area (Å²) in [7, 11) is 1.63. The van der Waals surface area contributed by atoms with E-state index in [1.54, 1.807) is 13.2 Å². The van der Waals surface area contributed by atoms with Crippen LogP contribution in [0.25, 0.3) is 0 Å². The van der Waals surface area contributed by atoms with Gasteiger partial charge in [0.2, 0.25) is 5.91 Å². The lowest BCUT2D eigenvalue weighted by atomic mass is 10.0. The van der Waals surface area contributed by atoms with Crippen LogP contribution in [-0.4, -0.2) is 50.0 Å². The summed E-state index contributed by atoms with van der Waals surface area (Å²) in [5.41, 5.74) is 0.968. The molecular formula is C18H21N3O3S. The van der Waals surface area contributed by atoms with E-state index in [-0.39, 0.29) is 24.4 Å². The van der Waals surface area contributed by atoms with Crippen molar-refractivity contribution in [2.45, 2.75) is 6.04 Å². The van der Waals surface area contributed by atoms with Crippen molar-refractivity contribution in [3.05, 3.63) is 52.2 Å². The van der Waals surface area contributed by atoms with Gasteiger partial charge in [0.15, 0.2) is 0 Å². The second-order valence-corrected chi connectivity index (χ2v) is 6.66. The van der Waals surface area contributed by atoms with Gasteiger partial charge >= 0.3 is 0 Å². The standard InChI is InChI=1S/C18H21N3O3S/c1-24-15-6-3-2-5-13(15)14-11-19-8-9-21(14)17(22)12-20-18(23)16-7-4-10-25-16/h2-7,10,14,19H,8-9,11-12H2,1H3,(H,20,23). The summed E-state index contributed by atoms with van der Waals surface area (Å²) < 4.78 is 5.44. The van der Waals surface area contributed by atoms with Crippen LogP contribution < -0.4 is 15.4 Å². The highest BCUT2D eigenvalue weighted by Crippen LogP contribution is 2.30. The molecule has 1 aromatic carbocycles. The number of nitrogens with one attached hydrogen (secondary N) is 2. The minimum Gasteiger partial charge on any atom is -0.496 e. The zero-order chi connectivity index (χ0) is 17.6. The lowest BCUT2D eigenvalue weighted by Gasteiger charge is -2.37. The Labute approximate surface area is 150 Å². The first-order valence-corrected chi connectivity index (χ1v) is 9.03. The highest BCUT2D eigenvalue weighted by Gasteiger charge is 2.29. The number of hydrogen-bond donors (Lipinski definition) is 2. The molecule has 7 heteroatoms. The molecule has 0 bridgehead atoms. The van der Waals surface area contributed by atoms with Crippen molar-refractivity contribution in [3.8, 4) is 5.75 Å². The molecule has 2 N–H and O–H groups in total. The Balaban J connectivity index is 1.70. The molecule has 0 saturated carbocycles. The van der Waals surface area contributed by atoms with Crippen molar-refractivity contribution in [3.63, 3.8) is 0 Å². The van der Waals surface area contributed by atoms with E-state index in [1.807, 2.05) is 40.6 Å². The van der Waals surface area contributed by atoms with Gasteiger partial charge in [-0.15, -0.1) is 11.3 Å². The first-order chi connectivity index (χ1) is 12.2. The summed E-state index contributed by atoms with van der Waals surface area (Å²) in [5.74, 6) is 0.450. The molecule has 132 valence electrons. The van der Waals surface area contributed by atoms with Crippen molar-refractivity contribution >= 4 is 23.2 Å². The van der Waals surface area contributed by atoms with E-state index in [2.05, 4.69) is 10.6 Å². The number of rotatable bonds is 5. The Morgan fingerprint density at radius 3 is 2.92 bits per heavy atom. The van der Waals surface area contributed by atoms with Crippen LogP contribution in [0.2, 0.25) is 0 Å². The second kappa shape index (κ2) is 8.13. The molecule has 0 radical (unpaired) electrons. The lowest BCUT2D eigenvalue weighted by molar-refractivity contribution is -0.133. The molecular weight excluding hydrogens is 338 g/mol. The van der Waals surface area contributed by atoms with Gasteiger partial charge in [0.25, 0.3) is 5.91 Å². The minimum atomic E-state index is -0.215. The average Bonchev–Trinajstić information content (AvgIpc) is 3.20. The summed E-state index contributed by atoms with van der Waals surface area (Å²) in [6.07, 6.45) is 0. The minimum absolute atomic E-state index is 0.0115. The van der Waals surface area contributed by atoms with E-state index in [0.29, 0.717) is 18.0 Å². The molecule has 2 aromatic rings. The number of ether oxygens (including phenoxy) is 1. The van der Waals surface area contributed by atoms with Crippen molar-refractivity contribution in [2.24, 2.45) is 0 Å². The number of para-hydroxylation sites is 1. The Morgan fingerprint density at radius 2 is 2.16 bits per heavy atom. The van der Waals surface area contributed by atoms with Gasteiger partial charge in [0.1, 0.15) is 5.75 Å². The first-order valence-electron chi connectivity index (χ1n) is 8.15. The number of thiophene rings is 1. The Morgan fingerprint density at radius 1 is 1.32 bits per heavy atom. The summed E-state index contributed by atoms with van der Waals surface area (Å²) in [5, 5.41) is 7.87. The number of methoxy groups -OCH3 is 1. The monoisotopic (exact) mass is 359 g/mol. The maximum atomic E-state index is 12.7. The van der Waals surface area contributed by atoms with Gasteiger partial charge in [0, 0.05) is 25.2 Å². The number of carbonyl (C=O) groups is 2. The Bertz CT molecular complexity index is 733. The second-order valence-electron chi connectivity index (χ2n) is 5.71. The molecule has 0 spiro atoms. The highest BCUT2D eigenvalue weighted by atomic mass is 32.1. The molecule has 1 atom stereocenters. The zero-order valence-corrected chi connectivity index (χ0v) is 14.8. The topological polar surface area (TPSA) is 70.7 Å². The first kappa shape index (κ1) is 17.4. The van der Waals surface area contributed by atoms with E-state index in [9.17, 15) is 9.59 Å². The fraction of sp³-hybridized carbons (Fsp3) is 0.333. The highest BCUT2D eigenvalue weighted by molar-refractivity contribution is 7.12. The number of hydrogen-bond acceptors (Lipinski definition) is 5. The van der Waals surface area contributed by atoms with Gasteiger partial charge in [-0.05, 0) is 17.5 Å². The molecule has 2 amide bonds. The fourth-order valence-electron chi connectivity index (χ4n) is 2.97. The van der Waals surface area contributed by atoms with Crippen LogP contribution >= 0.6 is 11.3 Å². The lowest BCUT2D eigenvalue weighted by Crippen LogP contribution is -2.51. The fourth-order valence-corrected chi connectivity index (χ4v) is 3.61. The summed E-state index contributed by atoms with van der Waals surface area (Å²) >= 11 is 1.36. The number of piperazine rings is 1. The molecule has 0 aliphatic carbocycles. The average molecular weight is 359 g/mol. The number of carbonyl (C=O) groups excluding carboxylic acids is 2. The molecule has 6 nitrogen and oxygen atoms in total. The van der Waals surface area contributed by atoms with Gasteiger partial charge in [-0.1, -0.05) is 24.3 Å². The van der Waals surface area contributed by atoms with Crippen LogP contribution in [0.4, 0.5) is 0 Å². The number of nitrogens with zero attached hydrogens (tertiary/aromatic N) is 1. The summed E-state index contributed by atoms with van der Waals surface area (Å²) in [4.78, 5) is 27.2. The molecule has 1 unspecified atom stereocenters. The molecule has 1 fully saturated rings. The predicted octanol–water partition coefficient (Wildman–Crippen LogP) is 1.66. The molecule has 1 aromatic heterocycles. The van der Waals surface area contributed by atoms with Crippen molar-refractivity contribution in [2.75, 3.05) is 33.3 Å². The van der Waals surface area contributed by atoms with Gasteiger partial charge in [-0.2, -0.15) is 0 Å². The van der Waals surface area contributed by atoms with Crippen LogP contribution in [0.5, 0.6) is 5.75 Å². The van der Waals surface area contributed by atoms with Gasteiger partial charge in [-0.3, -0.25) is 9.59 Å².